The molecule has 1 fully saturated rings. The van der Waals surface area contributed by atoms with Crippen LogP contribution in [0, 0.1) is 5.92 Å². The Morgan fingerprint density at radius 3 is 2.42 bits per heavy atom. The smallest absolute Gasteiger partial charge is 0.227 e. The Balaban J connectivity index is 2.33. The molecule has 0 spiro atoms. The second kappa shape index (κ2) is 10.3. The summed E-state index contributed by atoms with van der Waals surface area (Å²) in [7, 11) is 0. The minimum absolute atomic E-state index is 0.00868. The van der Waals surface area contributed by atoms with E-state index in [1.807, 2.05) is 32.9 Å². The number of carbonyl (C=O) groups excluding carboxylic acids is 1. The zero-order valence-electron chi connectivity index (χ0n) is 16.5. The molecular formula is C20H32N2O4. The number of morpholine rings is 1. The first-order chi connectivity index (χ1) is 12.6. The molecule has 1 amide bonds. The van der Waals surface area contributed by atoms with Crippen LogP contribution in [-0.4, -0.2) is 45.4 Å². The molecular weight excluding hydrogens is 332 g/mol. The van der Waals surface area contributed by atoms with E-state index in [-0.39, 0.29) is 11.8 Å². The van der Waals surface area contributed by atoms with Crippen molar-refractivity contribution < 1.29 is 19.0 Å². The molecule has 1 atom stereocenters. The molecule has 0 bridgehead atoms. The lowest BCUT2D eigenvalue weighted by Gasteiger charge is -2.31. The standard InChI is InChI=1S/C20H32N2O4/c1-5-8-15(4)20(23)21-16-13-19(26-7-3)17(14-18(16)25-6-2)22-9-11-24-12-10-22/h13-15H,5-12H2,1-4H3,(H,21,23)/t15-/m0/s1. The number of carbonyl (C=O) groups is 1. The molecule has 26 heavy (non-hydrogen) atoms. The Kier molecular flexibility index (Phi) is 8.04. The first-order valence-electron chi connectivity index (χ1n) is 9.67. The average Bonchev–Trinajstić information content (AvgIpc) is 2.65. The van der Waals surface area contributed by atoms with E-state index in [2.05, 4.69) is 17.1 Å². The maximum Gasteiger partial charge on any atom is 0.227 e. The molecule has 6 nitrogen and oxygen atoms in total. The zero-order chi connectivity index (χ0) is 18.9. The number of nitrogens with zero attached hydrogens (tertiary/aromatic N) is 1. The molecule has 0 aromatic heterocycles. The van der Waals surface area contributed by atoms with Gasteiger partial charge < -0.3 is 24.4 Å². The van der Waals surface area contributed by atoms with E-state index in [1.54, 1.807) is 0 Å². The molecule has 6 heteroatoms. The summed E-state index contributed by atoms with van der Waals surface area (Å²) in [6, 6.07) is 3.86. The fraction of sp³-hybridized carbons (Fsp3) is 0.650. The second-order valence-corrected chi connectivity index (χ2v) is 6.46. The Hall–Kier alpha value is -1.95. The molecule has 0 aliphatic carbocycles. The predicted molar refractivity (Wildman–Crippen MR) is 105 cm³/mol. The molecule has 1 aromatic rings. The van der Waals surface area contributed by atoms with Crippen LogP contribution in [0.3, 0.4) is 0 Å². The van der Waals surface area contributed by atoms with Crippen LogP contribution in [-0.2, 0) is 9.53 Å². The normalized spacial score (nSPS) is 15.5. The van der Waals surface area contributed by atoms with Gasteiger partial charge in [-0.1, -0.05) is 20.3 Å². The number of nitrogens with one attached hydrogen (secondary N) is 1. The fourth-order valence-corrected chi connectivity index (χ4v) is 3.06. The molecule has 146 valence electrons. The van der Waals surface area contributed by atoms with Gasteiger partial charge in [0.05, 0.1) is 37.8 Å². The third kappa shape index (κ3) is 5.27. The highest BCUT2D eigenvalue weighted by Crippen LogP contribution is 2.39. The van der Waals surface area contributed by atoms with Crippen LogP contribution in [0.1, 0.15) is 40.5 Å². The fourth-order valence-electron chi connectivity index (χ4n) is 3.06. The first-order valence-corrected chi connectivity index (χ1v) is 9.67. The van der Waals surface area contributed by atoms with Gasteiger partial charge in [-0.05, 0) is 20.3 Å². The van der Waals surface area contributed by atoms with Gasteiger partial charge in [0.1, 0.15) is 11.5 Å². The van der Waals surface area contributed by atoms with Gasteiger partial charge in [0.25, 0.3) is 0 Å². The van der Waals surface area contributed by atoms with E-state index in [4.69, 9.17) is 14.2 Å². The Morgan fingerprint density at radius 1 is 1.15 bits per heavy atom. The van der Waals surface area contributed by atoms with Gasteiger partial charge >= 0.3 is 0 Å². The van der Waals surface area contributed by atoms with Gasteiger partial charge in [-0.2, -0.15) is 0 Å². The molecule has 2 rings (SSSR count). The lowest BCUT2D eigenvalue weighted by molar-refractivity contribution is -0.119. The molecule has 0 radical (unpaired) electrons. The SMILES string of the molecule is CCC[C@H](C)C(=O)Nc1cc(OCC)c(N2CCOCC2)cc1OCC. The van der Waals surface area contributed by atoms with Crippen LogP contribution in [0.5, 0.6) is 11.5 Å². The molecule has 1 aliphatic heterocycles. The number of hydrogen-bond acceptors (Lipinski definition) is 5. The summed E-state index contributed by atoms with van der Waals surface area (Å²) < 4.78 is 17.1. The van der Waals surface area contributed by atoms with Crippen LogP contribution in [0.15, 0.2) is 12.1 Å². The van der Waals surface area contributed by atoms with E-state index in [9.17, 15) is 4.79 Å². The average molecular weight is 364 g/mol. The minimum atomic E-state index is -0.0380. The van der Waals surface area contributed by atoms with Crippen molar-refractivity contribution in [1.29, 1.82) is 0 Å². The molecule has 1 aliphatic rings. The maximum atomic E-state index is 12.5. The number of rotatable bonds is 9. The van der Waals surface area contributed by atoms with Crippen LogP contribution >= 0.6 is 0 Å². The molecule has 1 aromatic carbocycles. The topological polar surface area (TPSA) is 60.0 Å². The summed E-state index contributed by atoms with van der Waals surface area (Å²) in [6.45, 7) is 12.0. The summed E-state index contributed by atoms with van der Waals surface area (Å²) in [6.07, 6.45) is 1.84. The van der Waals surface area contributed by atoms with Crippen molar-refractivity contribution in [3.63, 3.8) is 0 Å². The largest absolute Gasteiger partial charge is 0.492 e. The van der Waals surface area contributed by atoms with Crippen molar-refractivity contribution in [3.8, 4) is 11.5 Å². The Bertz CT molecular complexity index is 585. The van der Waals surface area contributed by atoms with Gasteiger partial charge in [0.2, 0.25) is 5.91 Å². The number of benzene rings is 1. The monoisotopic (exact) mass is 364 g/mol. The summed E-state index contributed by atoms with van der Waals surface area (Å²) in [4.78, 5) is 14.7. The Morgan fingerprint density at radius 2 is 1.81 bits per heavy atom. The maximum absolute atomic E-state index is 12.5. The van der Waals surface area contributed by atoms with Crippen molar-refractivity contribution in [2.24, 2.45) is 5.92 Å². The quantitative estimate of drug-likeness (QED) is 0.724. The van der Waals surface area contributed by atoms with Gasteiger partial charge in [-0.3, -0.25) is 4.79 Å². The van der Waals surface area contributed by atoms with Crippen molar-refractivity contribution in [2.45, 2.75) is 40.5 Å². The van der Waals surface area contributed by atoms with Crippen LogP contribution in [0.2, 0.25) is 0 Å². The molecule has 0 unspecified atom stereocenters. The summed E-state index contributed by atoms with van der Waals surface area (Å²) in [5.74, 6) is 1.41. The van der Waals surface area contributed by atoms with E-state index in [0.717, 1.165) is 37.4 Å². The van der Waals surface area contributed by atoms with Crippen molar-refractivity contribution in [2.75, 3.05) is 49.7 Å². The molecule has 0 saturated carbocycles. The van der Waals surface area contributed by atoms with E-state index >= 15 is 0 Å². The van der Waals surface area contributed by atoms with Gasteiger partial charge in [-0.15, -0.1) is 0 Å². The van der Waals surface area contributed by atoms with E-state index in [0.29, 0.717) is 37.9 Å². The van der Waals surface area contributed by atoms with E-state index in [1.165, 1.54) is 0 Å². The van der Waals surface area contributed by atoms with Crippen molar-refractivity contribution in [3.05, 3.63) is 12.1 Å². The summed E-state index contributed by atoms with van der Waals surface area (Å²) in [5.41, 5.74) is 1.65. The van der Waals surface area contributed by atoms with Gasteiger partial charge in [0, 0.05) is 31.1 Å². The van der Waals surface area contributed by atoms with Gasteiger partial charge in [-0.25, -0.2) is 0 Å². The number of amides is 1. The number of ether oxygens (including phenoxy) is 3. The zero-order valence-corrected chi connectivity index (χ0v) is 16.5. The molecule has 1 N–H and O–H groups in total. The summed E-state index contributed by atoms with van der Waals surface area (Å²) in [5, 5.41) is 3.02. The highest BCUT2D eigenvalue weighted by molar-refractivity contribution is 5.94. The third-order valence-corrected chi connectivity index (χ3v) is 4.44. The highest BCUT2D eigenvalue weighted by atomic mass is 16.5. The minimum Gasteiger partial charge on any atom is -0.492 e. The molecule has 1 saturated heterocycles. The first kappa shape index (κ1) is 20.4. The highest BCUT2D eigenvalue weighted by Gasteiger charge is 2.21. The van der Waals surface area contributed by atoms with Gasteiger partial charge in [0.15, 0.2) is 0 Å². The number of hydrogen-bond donors (Lipinski definition) is 1. The summed E-state index contributed by atoms with van der Waals surface area (Å²) >= 11 is 0. The van der Waals surface area contributed by atoms with Crippen LogP contribution in [0.25, 0.3) is 0 Å². The van der Waals surface area contributed by atoms with Crippen LogP contribution < -0.4 is 19.7 Å². The van der Waals surface area contributed by atoms with Crippen molar-refractivity contribution in [1.82, 2.24) is 0 Å². The van der Waals surface area contributed by atoms with Crippen molar-refractivity contribution >= 4 is 17.3 Å². The third-order valence-electron chi connectivity index (χ3n) is 4.44. The Labute approximate surface area is 156 Å². The lowest BCUT2D eigenvalue weighted by atomic mass is 10.1. The van der Waals surface area contributed by atoms with E-state index < -0.39 is 0 Å². The lowest BCUT2D eigenvalue weighted by Crippen LogP contribution is -2.36. The number of anilines is 2. The second-order valence-electron chi connectivity index (χ2n) is 6.46. The predicted octanol–water partition coefficient (Wildman–Crippen LogP) is 3.70. The van der Waals surface area contributed by atoms with Crippen LogP contribution in [0.4, 0.5) is 11.4 Å². The molecule has 1 heterocycles.